The molecule has 1 aromatic rings. The van der Waals surface area contributed by atoms with Crippen LogP contribution < -0.4 is 4.74 Å². The summed E-state index contributed by atoms with van der Waals surface area (Å²) in [7, 11) is 0. The van der Waals surface area contributed by atoms with Crippen molar-refractivity contribution in [3.05, 3.63) is 29.3 Å². The van der Waals surface area contributed by atoms with Crippen LogP contribution in [0, 0.1) is 12.8 Å². The Balaban J connectivity index is 2.09. The third-order valence-electron chi connectivity index (χ3n) is 4.32. The molecule has 1 N–H and O–H groups in total. The third kappa shape index (κ3) is 3.50. The lowest BCUT2D eigenvalue weighted by molar-refractivity contribution is 0.0896. The van der Waals surface area contributed by atoms with E-state index in [0.29, 0.717) is 12.0 Å². The summed E-state index contributed by atoms with van der Waals surface area (Å²) in [6.45, 7) is 6.12. The highest BCUT2D eigenvalue weighted by molar-refractivity contribution is 5.37. The Hall–Kier alpha value is -1.02. The van der Waals surface area contributed by atoms with Gasteiger partial charge in [0, 0.05) is 0 Å². The predicted molar refractivity (Wildman–Crippen MR) is 78.5 cm³/mol. The van der Waals surface area contributed by atoms with Gasteiger partial charge in [-0.05, 0) is 68.7 Å². The van der Waals surface area contributed by atoms with Gasteiger partial charge in [-0.1, -0.05) is 19.4 Å². The molecule has 0 spiro atoms. The quantitative estimate of drug-likeness (QED) is 0.871. The molecule has 106 valence electrons. The van der Waals surface area contributed by atoms with E-state index in [-0.39, 0.29) is 0 Å². The van der Waals surface area contributed by atoms with Crippen molar-refractivity contribution in [2.75, 3.05) is 0 Å². The lowest BCUT2D eigenvalue weighted by Gasteiger charge is -2.31. The highest BCUT2D eigenvalue weighted by atomic mass is 16.5. The third-order valence-corrected chi connectivity index (χ3v) is 4.32. The first-order chi connectivity index (χ1) is 9.11. The standard InChI is InChI=1S/C17H26O2/c1-4-14-7-5-6-8-17(14)19-16-10-9-15(13(3)18)11-12(16)2/h9-11,13-14,17-18H,4-8H2,1-3H3. The van der Waals surface area contributed by atoms with Gasteiger partial charge in [-0.25, -0.2) is 0 Å². The summed E-state index contributed by atoms with van der Waals surface area (Å²) in [6.07, 6.45) is 6.27. The summed E-state index contributed by atoms with van der Waals surface area (Å²) in [6, 6.07) is 6.01. The summed E-state index contributed by atoms with van der Waals surface area (Å²) >= 11 is 0. The minimum absolute atomic E-state index is 0.370. The maximum Gasteiger partial charge on any atom is 0.122 e. The van der Waals surface area contributed by atoms with E-state index in [1.54, 1.807) is 6.92 Å². The second kappa shape index (κ2) is 6.42. The van der Waals surface area contributed by atoms with Crippen LogP contribution in [0.2, 0.25) is 0 Å². The van der Waals surface area contributed by atoms with Gasteiger partial charge in [-0.3, -0.25) is 0 Å². The highest BCUT2D eigenvalue weighted by Gasteiger charge is 2.25. The van der Waals surface area contributed by atoms with Crippen molar-refractivity contribution >= 4 is 0 Å². The first kappa shape index (κ1) is 14.4. The topological polar surface area (TPSA) is 29.5 Å². The van der Waals surface area contributed by atoms with E-state index in [0.717, 1.165) is 16.9 Å². The molecule has 3 atom stereocenters. The lowest BCUT2D eigenvalue weighted by Crippen LogP contribution is -2.30. The van der Waals surface area contributed by atoms with Crippen molar-refractivity contribution in [3.63, 3.8) is 0 Å². The Morgan fingerprint density at radius 1 is 1.32 bits per heavy atom. The van der Waals surface area contributed by atoms with Gasteiger partial charge in [-0.15, -0.1) is 0 Å². The molecule has 1 saturated carbocycles. The molecule has 1 aliphatic carbocycles. The van der Waals surface area contributed by atoms with E-state index in [1.807, 2.05) is 18.2 Å². The fourth-order valence-electron chi connectivity index (χ4n) is 3.02. The molecule has 1 fully saturated rings. The van der Waals surface area contributed by atoms with Gasteiger partial charge < -0.3 is 9.84 Å². The summed E-state index contributed by atoms with van der Waals surface area (Å²) in [5.41, 5.74) is 2.08. The minimum Gasteiger partial charge on any atom is -0.490 e. The first-order valence-electron chi connectivity index (χ1n) is 7.57. The number of hydrogen-bond donors (Lipinski definition) is 1. The molecule has 0 amide bonds. The second-order valence-corrected chi connectivity index (χ2v) is 5.81. The van der Waals surface area contributed by atoms with Gasteiger partial charge in [0.25, 0.3) is 0 Å². The SMILES string of the molecule is CCC1CCCCC1Oc1ccc(C(C)O)cc1C. The van der Waals surface area contributed by atoms with Crippen LogP contribution in [0.15, 0.2) is 18.2 Å². The molecular weight excluding hydrogens is 236 g/mol. The van der Waals surface area contributed by atoms with Crippen molar-refractivity contribution in [1.82, 2.24) is 0 Å². The molecule has 3 unspecified atom stereocenters. The van der Waals surface area contributed by atoms with Crippen molar-refractivity contribution in [3.8, 4) is 5.75 Å². The highest BCUT2D eigenvalue weighted by Crippen LogP contribution is 2.32. The smallest absolute Gasteiger partial charge is 0.122 e. The Kier molecular flexibility index (Phi) is 4.87. The first-order valence-corrected chi connectivity index (χ1v) is 7.57. The zero-order chi connectivity index (χ0) is 13.8. The number of hydrogen-bond acceptors (Lipinski definition) is 2. The average molecular weight is 262 g/mol. The largest absolute Gasteiger partial charge is 0.490 e. The summed E-state index contributed by atoms with van der Waals surface area (Å²) in [5, 5.41) is 9.60. The average Bonchev–Trinajstić information content (AvgIpc) is 2.41. The number of rotatable bonds is 4. The van der Waals surface area contributed by atoms with Crippen LogP contribution in [0.3, 0.4) is 0 Å². The summed E-state index contributed by atoms with van der Waals surface area (Å²) < 4.78 is 6.24. The molecule has 1 aliphatic rings. The molecule has 0 aliphatic heterocycles. The number of benzene rings is 1. The summed E-state index contributed by atoms with van der Waals surface area (Å²) in [4.78, 5) is 0. The van der Waals surface area contributed by atoms with Gasteiger partial charge in [-0.2, -0.15) is 0 Å². The van der Waals surface area contributed by atoms with Gasteiger partial charge in [0.15, 0.2) is 0 Å². The zero-order valence-electron chi connectivity index (χ0n) is 12.4. The number of aliphatic hydroxyl groups excluding tert-OH is 1. The molecule has 0 heterocycles. The Morgan fingerprint density at radius 2 is 2.05 bits per heavy atom. The molecule has 2 rings (SSSR count). The van der Waals surface area contributed by atoms with Crippen LogP contribution in [0.4, 0.5) is 0 Å². The molecule has 2 nitrogen and oxygen atoms in total. The molecule has 0 aromatic heterocycles. The second-order valence-electron chi connectivity index (χ2n) is 5.81. The van der Waals surface area contributed by atoms with Crippen molar-refractivity contribution < 1.29 is 9.84 Å². The van der Waals surface area contributed by atoms with Gasteiger partial charge in [0.05, 0.1) is 6.10 Å². The van der Waals surface area contributed by atoms with Crippen LogP contribution in [-0.2, 0) is 0 Å². The van der Waals surface area contributed by atoms with E-state index in [1.165, 1.54) is 32.1 Å². The maximum atomic E-state index is 9.60. The molecule has 2 heteroatoms. The Bertz CT molecular complexity index is 412. The van der Waals surface area contributed by atoms with Crippen molar-refractivity contribution in [1.29, 1.82) is 0 Å². The van der Waals surface area contributed by atoms with Gasteiger partial charge in [0.1, 0.15) is 11.9 Å². The van der Waals surface area contributed by atoms with Crippen LogP contribution in [0.5, 0.6) is 5.75 Å². The van der Waals surface area contributed by atoms with Crippen molar-refractivity contribution in [2.24, 2.45) is 5.92 Å². The lowest BCUT2D eigenvalue weighted by atomic mass is 9.84. The maximum absolute atomic E-state index is 9.60. The van der Waals surface area contributed by atoms with Crippen LogP contribution >= 0.6 is 0 Å². The Morgan fingerprint density at radius 3 is 2.68 bits per heavy atom. The van der Waals surface area contributed by atoms with Gasteiger partial charge in [0.2, 0.25) is 0 Å². The molecule has 0 bridgehead atoms. The molecule has 0 saturated heterocycles. The van der Waals surface area contributed by atoms with E-state index >= 15 is 0 Å². The summed E-state index contributed by atoms with van der Waals surface area (Å²) in [5.74, 6) is 1.68. The fraction of sp³-hybridized carbons (Fsp3) is 0.647. The number of aliphatic hydroxyl groups is 1. The van der Waals surface area contributed by atoms with Crippen LogP contribution in [0.25, 0.3) is 0 Å². The fourth-order valence-corrected chi connectivity index (χ4v) is 3.02. The molecular formula is C17H26O2. The monoisotopic (exact) mass is 262 g/mol. The van der Waals surface area contributed by atoms with E-state index in [9.17, 15) is 5.11 Å². The van der Waals surface area contributed by atoms with Gasteiger partial charge >= 0.3 is 0 Å². The number of aryl methyl sites for hydroxylation is 1. The Labute approximate surface area is 116 Å². The van der Waals surface area contributed by atoms with Crippen LogP contribution in [-0.4, -0.2) is 11.2 Å². The van der Waals surface area contributed by atoms with E-state index in [4.69, 9.17) is 4.74 Å². The van der Waals surface area contributed by atoms with E-state index in [2.05, 4.69) is 13.8 Å². The molecule has 19 heavy (non-hydrogen) atoms. The minimum atomic E-state index is -0.411. The normalized spacial score (nSPS) is 25.1. The molecule has 0 radical (unpaired) electrons. The molecule has 1 aromatic carbocycles. The van der Waals surface area contributed by atoms with Crippen molar-refractivity contribution in [2.45, 2.75) is 65.1 Å². The van der Waals surface area contributed by atoms with Crippen LogP contribution in [0.1, 0.15) is 63.2 Å². The zero-order valence-corrected chi connectivity index (χ0v) is 12.4. The van der Waals surface area contributed by atoms with E-state index < -0.39 is 6.10 Å². The number of ether oxygens (including phenoxy) is 1. The predicted octanol–water partition coefficient (Wildman–Crippen LogP) is 4.40.